The third kappa shape index (κ3) is 1.93. The van der Waals surface area contributed by atoms with Gasteiger partial charge in [-0.15, -0.1) is 0 Å². The molecule has 0 aromatic heterocycles. The molecule has 7 rings (SSSR count). The number of aryl methyl sites for hydroxylation is 1. The molecule has 1 nitrogen and oxygen atoms in total. The standard InChI is InChI=1S/C30H24O/c1-16-7-5-9-21-22(16)13-25-28-27-23(12-11-20-8-6-10-24(31-25)26(20)27)30(29(21)28)14-17(2)19(4)18(3)15-30/h5-14H,15H2,1-4H3. The van der Waals surface area contributed by atoms with E-state index in [-0.39, 0.29) is 5.41 Å². The molecule has 0 radical (unpaired) electrons. The summed E-state index contributed by atoms with van der Waals surface area (Å²) in [5.74, 6) is 1.99. The van der Waals surface area contributed by atoms with Crippen molar-refractivity contribution in [3.63, 3.8) is 0 Å². The van der Waals surface area contributed by atoms with Crippen molar-refractivity contribution in [2.24, 2.45) is 0 Å². The smallest absolute Gasteiger partial charge is 0.136 e. The van der Waals surface area contributed by atoms with Crippen LogP contribution in [0.5, 0.6) is 11.5 Å². The molecule has 1 heterocycles. The molecule has 0 fully saturated rings. The fourth-order valence-electron chi connectivity index (χ4n) is 6.41. The van der Waals surface area contributed by atoms with Gasteiger partial charge in [0.25, 0.3) is 0 Å². The van der Waals surface area contributed by atoms with E-state index in [1.807, 2.05) is 0 Å². The molecule has 1 aliphatic heterocycles. The number of fused-ring (bicyclic) bond motifs is 4. The van der Waals surface area contributed by atoms with Crippen LogP contribution in [0.15, 0.2) is 77.4 Å². The Kier molecular flexibility index (Phi) is 3.07. The first-order valence-electron chi connectivity index (χ1n) is 11.2. The van der Waals surface area contributed by atoms with Crippen LogP contribution in [0.2, 0.25) is 0 Å². The van der Waals surface area contributed by atoms with Crippen molar-refractivity contribution in [3.05, 3.63) is 94.1 Å². The topological polar surface area (TPSA) is 9.23 Å². The first kappa shape index (κ1) is 17.4. The molecule has 4 aromatic carbocycles. The molecular weight excluding hydrogens is 376 g/mol. The number of benzene rings is 4. The van der Waals surface area contributed by atoms with E-state index in [1.54, 1.807) is 0 Å². The Labute approximate surface area is 182 Å². The van der Waals surface area contributed by atoms with E-state index in [1.165, 1.54) is 66.1 Å². The maximum absolute atomic E-state index is 6.60. The number of rotatable bonds is 0. The second-order valence-electron chi connectivity index (χ2n) is 9.62. The van der Waals surface area contributed by atoms with Gasteiger partial charge in [-0.05, 0) is 84.7 Å². The highest BCUT2D eigenvalue weighted by Crippen LogP contribution is 2.64. The Hall–Kier alpha value is -3.32. The molecule has 0 N–H and O–H groups in total. The third-order valence-electron chi connectivity index (χ3n) is 8.01. The van der Waals surface area contributed by atoms with E-state index >= 15 is 0 Å². The summed E-state index contributed by atoms with van der Waals surface area (Å²) in [6.45, 7) is 9.06. The quantitative estimate of drug-likeness (QED) is 0.254. The van der Waals surface area contributed by atoms with Gasteiger partial charge in [0.1, 0.15) is 11.5 Å². The van der Waals surface area contributed by atoms with Crippen LogP contribution in [0.25, 0.3) is 32.7 Å². The zero-order valence-corrected chi connectivity index (χ0v) is 18.4. The highest BCUT2D eigenvalue weighted by molar-refractivity contribution is 6.13. The highest BCUT2D eigenvalue weighted by Gasteiger charge is 2.48. The second kappa shape index (κ2) is 5.48. The van der Waals surface area contributed by atoms with Crippen LogP contribution < -0.4 is 4.74 Å². The van der Waals surface area contributed by atoms with Gasteiger partial charge in [-0.1, -0.05) is 59.7 Å². The molecule has 0 amide bonds. The van der Waals surface area contributed by atoms with Gasteiger partial charge in [0.05, 0.1) is 0 Å². The zero-order valence-electron chi connectivity index (χ0n) is 18.4. The van der Waals surface area contributed by atoms with E-state index in [0.29, 0.717) is 0 Å². The fraction of sp³-hybridized carbons (Fsp3) is 0.200. The Morgan fingerprint density at radius 2 is 1.65 bits per heavy atom. The van der Waals surface area contributed by atoms with E-state index in [4.69, 9.17) is 4.74 Å². The van der Waals surface area contributed by atoms with Crippen molar-refractivity contribution in [1.82, 2.24) is 0 Å². The largest absolute Gasteiger partial charge is 0.456 e. The highest BCUT2D eigenvalue weighted by atomic mass is 16.5. The number of hydrogen-bond acceptors (Lipinski definition) is 1. The fourth-order valence-corrected chi connectivity index (χ4v) is 6.41. The Bertz CT molecular complexity index is 1560. The van der Waals surface area contributed by atoms with Crippen molar-refractivity contribution < 1.29 is 4.74 Å². The second-order valence-corrected chi connectivity index (χ2v) is 9.62. The number of hydrogen-bond donors (Lipinski definition) is 0. The lowest BCUT2D eigenvalue weighted by Crippen LogP contribution is -2.27. The minimum absolute atomic E-state index is 0.143. The molecule has 1 atom stereocenters. The molecular formula is C30H24O. The molecule has 0 bridgehead atoms. The lowest BCUT2D eigenvalue weighted by molar-refractivity contribution is 0.487. The van der Waals surface area contributed by atoms with Gasteiger partial charge in [0.15, 0.2) is 0 Å². The van der Waals surface area contributed by atoms with Crippen LogP contribution in [-0.2, 0) is 5.41 Å². The molecule has 1 heteroatoms. The molecule has 3 aliphatic rings. The maximum atomic E-state index is 6.60. The van der Waals surface area contributed by atoms with Gasteiger partial charge in [-0.25, -0.2) is 0 Å². The monoisotopic (exact) mass is 400 g/mol. The SMILES string of the molecule is CC1=CC2(CC(C)=C1C)c1ccc3cccc4c3c1-c1c(cc3c(C)cccc3c12)O4. The summed E-state index contributed by atoms with van der Waals surface area (Å²) in [4.78, 5) is 0. The molecule has 2 aliphatic carbocycles. The Morgan fingerprint density at radius 1 is 0.806 bits per heavy atom. The van der Waals surface area contributed by atoms with Crippen LogP contribution >= 0.6 is 0 Å². The van der Waals surface area contributed by atoms with Gasteiger partial charge in [0.2, 0.25) is 0 Å². The molecule has 1 unspecified atom stereocenters. The van der Waals surface area contributed by atoms with Gasteiger partial charge < -0.3 is 4.74 Å². The van der Waals surface area contributed by atoms with Gasteiger partial charge in [-0.2, -0.15) is 0 Å². The van der Waals surface area contributed by atoms with Crippen LogP contribution in [0.4, 0.5) is 0 Å². The summed E-state index contributed by atoms with van der Waals surface area (Å²) in [6.07, 6.45) is 3.57. The van der Waals surface area contributed by atoms with Crippen LogP contribution in [0.3, 0.4) is 0 Å². The first-order chi connectivity index (χ1) is 15.0. The van der Waals surface area contributed by atoms with Crippen LogP contribution in [0.1, 0.15) is 43.9 Å². The minimum Gasteiger partial charge on any atom is -0.456 e. The van der Waals surface area contributed by atoms with Crippen molar-refractivity contribution in [2.45, 2.75) is 39.5 Å². The molecule has 0 saturated heterocycles. The number of ether oxygens (including phenoxy) is 1. The van der Waals surface area contributed by atoms with Crippen molar-refractivity contribution in [3.8, 4) is 22.6 Å². The summed E-state index contributed by atoms with van der Waals surface area (Å²) < 4.78 is 6.60. The van der Waals surface area contributed by atoms with E-state index < -0.39 is 0 Å². The van der Waals surface area contributed by atoms with E-state index in [2.05, 4.69) is 88.4 Å². The summed E-state index contributed by atoms with van der Waals surface area (Å²) >= 11 is 0. The molecule has 1 spiro atoms. The van der Waals surface area contributed by atoms with Gasteiger partial charge in [-0.3, -0.25) is 0 Å². The normalized spacial score (nSPS) is 20.6. The lowest BCUT2D eigenvalue weighted by atomic mass is 9.67. The summed E-state index contributed by atoms with van der Waals surface area (Å²) in [7, 11) is 0. The van der Waals surface area contributed by atoms with Crippen LogP contribution in [-0.4, -0.2) is 0 Å². The summed E-state index contributed by atoms with van der Waals surface area (Å²) in [6, 6.07) is 20.1. The van der Waals surface area contributed by atoms with E-state index in [0.717, 1.165) is 17.9 Å². The Balaban J connectivity index is 1.76. The lowest BCUT2D eigenvalue weighted by Gasteiger charge is -2.35. The summed E-state index contributed by atoms with van der Waals surface area (Å²) in [5.41, 5.74) is 11.0. The molecule has 4 aromatic rings. The molecule has 150 valence electrons. The van der Waals surface area contributed by atoms with Gasteiger partial charge in [0, 0.05) is 21.9 Å². The zero-order chi connectivity index (χ0) is 21.1. The predicted molar refractivity (Wildman–Crippen MR) is 129 cm³/mol. The summed E-state index contributed by atoms with van der Waals surface area (Å²) in [5, 5.41) is 5.19. The van der Waals surface area contributed by atoms with Crippen molar-refractivity contribution in [2.75, 3.05) is 0 Å². The van der Waals surface area contributed by atoms with Gasteiger partial charge >= 0.3 is 0 Å². The maximum Gasteiger partial charge on any atom is 0.136 e. The average molecular weight is 401 g/mol. The first-order valence-corrected chi connectivity index (χ1v) is 11.2. The predicted octanol–water partition coefficient (Wildman–Crippen LogP) is 8.36. The molecule has 0 saturated carbocycles. The van der Waals surface area contributed by atoms with Crippen molar-refractivity contribution >= 4 is 21.5 Å². The third-order valence-corrected chi connectivity index (χ3v) is 8.01. The Morgan fingerprint density at radius 3 is 2.48 bits per heavy atom. The minimum atomic E-state index is -0.143. The van der Waals surface area contributed by atoms with Crippen LogP contribution in [0, 0.1) is 6.92 Å². The molecule has 31 heavy (non-hydrogen) atoms. The average Bonchev–Trinajstić information content (AvgIpc) is 3.04. The number of allylic oxidation sites excluding steroid dienone is 4. The van der Waals surface area contributed by atoms with Crippen molar-refractivity contribution in [1.29, 1.82) is 0 Å². The van der Waals surface area contributed by atoms with E-state index in [9.17, 15) is 0 Å².